The summed E-state index contributed by atoms with van der Waals surface area (Å²) in [5, 5.41) is 9.38. The van der Waals surface area contributed by atoms with Crippen molar-refractivity contribution >= 4 is 26.9 Å². The molecular weight excluding hydrogens is 248 g/mol. The van der Waals surface area contributed by atoms with Crippen LogP contribution in [0.15, 0.2) is 37.9 Å². The highest BCUT2D eigenvalue weighted by Gasteiger charge is 2.06. The molecule has 2 aromatic rings. The van der Waals surface area contributed by atoms with Crippen LogP contribution < -0.4 is 5.43 Å². The number of para-hydroxylation sites is 1. The second-order valence-electron chi connectivity index (χ2n) is 2.85. The van der Waals surface area contributed by atoms with E-state index in [0.717, 1.165) is 0 Å². The van der Waals surface area contributed by atoms with E-state index in [1.165, 1.54) is 6.07 Å². The van der Waals surface area contributed by atoms with Crippen LogP contribution in [0.25, 0.3) is 11.0 Å². The van der Waals surface area contributed by atoms with Crippen molar-refractivity contribution in [2.75, 3.05) is 0 Å². The van der Waals surface area contributed by atoms with Gasteiger partial charge in [0.15, 0.2) is 11.0 Å². The predicted octanol–water partition coefficient (Wildman–Crippen LogP) is 2.05. The van der Waals surface area contributed by atoms with Gasteiger partial charge in [0, 0.05) is 6.07 Å². The van der Waals surface area contributed by atoms with Crippen LogP contribution in [0.1, 0.15) is 5.76 Å². The van der Waals surface area contributed by atoms with Gasteiger partial charge in [-0.25, -0.2) is 0 Å². The normalized spacial score (nSPS) is 10.7. The highest BCUT2D eigenvalue weighted by molar-refractivity contribution is 9.10. The van der Waals surface area contributed by atoms with Gasteiger partial charge >= 0.3 is 0 Å². The van der Waals surface area contributed by atoms with E-state index in [9.17, 15) is 4.79 Å². The third-order valence-electron chi connectivity index (χ3n) is 1.91. The minimum atomic E-state index is -0.271. The van der Waals surface area contributed by atoms with E-state index >= 15 is 0 Å². The van der Waals surface area contributed by atoms with Crippen LogP contribution in [-0.4, -0.2) is 5.11 Å². The molecule has 1 heterocycles. The van der Waals surface area contributed by atoms with Gasteiger partial charge in [0.25, 0.3) is 0 Å². The molecule has 0 saturated heterocycles. The first-order valence-electron chi connectivity index (χ1n) is 4.04. The van der Waals surface area contributed by atoms with Crippen LogP contribution in [0, 0.1) is 0 Å². The number of rotatable bonds is 1. The molecule has 0 aliphatic carbocycles. The van der Waals surface area contributed by atoms with Crippen molar-refractivity contribution < 1.29 is 9.52 Å². The summed E-state index contributed by atoms with van der Waals surface area (Å²) in [6.07, 6.45) is 0. The van der Waals surface area contributed by atoms with Gasteiger partial charge in [-0.3, -0.25) is 4.79 Å². The number of fused-ring (bicyclic) bond motifs is 1. The summed E-state index contributed by atoms with van der Waals surface area (Å²) in [5.41, 5.74) is 0.334. The third kappa shape index (κ3) is 1.47. The van der Waals surface area contributed by atoms with Gasteiger partial charge < -0.3 is 9.52 Å². The first-order valence-corrected chi connectivity index (χ1v) is 4.84. The maximum Gasteiger partial charge on any atom is 0.193 e. The number of aliphatic hydroxyl groups is 1. The Hall–Kier alpha value is -1.13. The summed E-state index contributed by atoms with van der Waals surface area (Å²) in [4.78, 5) is 11.5. The van der Waals surface area contributed by atoms with Crippen molar-refractivity contribution in [3.63, 3.8) is 0 Å². The van der Waals surface area contributed by atoms with Crippen molar-refractivity contribution in [2.45, 2.75) is 6.61 Å². The molecule has 3 nitrogen and oxygen atoms in total. The van der Waals surface area contributed by atoms with Gasteiger partial charge in [0.05, 0.1) is 9.86 Å². The van der Waals surface area contributed by atoms with Crippen molar-refractivity contribution in [2.24, 2.45) is 0 Å². The Morgan fingerprint density at radius 3 is 2.93 bits per heavy atom. The van der Waals surface area contributed by atoms with Crippen molar-refractivity contribution in [1.29, 1.82) is 0 Å². The van der Waals surface area contributed by atoms with E-state index in [2.05, 4.69) is 15.9 Å². The average molecular weight is 255 g/mol. The fourth-order valence-electron chi connectivity index (χ4n) is 1.27. The Labute approximate surface area is 88.1 Å². The summed E-state index contributed by atoms with van der Waals surface area (Å²) in [6, 6.07) is 6.54. The SMILES string of the molecule is O=c1cc(CO)oc2c(Br)cccc12. The zero-order chi connectivity index (χ0) is 10.1. The highest BCUT2D eigenvalue weighted by atomic mass is 79.9. The second-order valence-corrected chi connectivity index (χ2v) is 3.71. The predicted molar refractivity (Wildman–Crippen MR) is 56.1 cm³/mol. The molecule has 0 atom stereocenters. The fraction of sp³-hybridized carbons (Fsp3) is 0.100. The molecule has 0 fully saturated rings. The first kappa shape index (κ1) is 9.43. The van der Waals surface area contributed by atoms with Gasteiger partial charge in [-0.1, -0.05) is 6.07 Å². The average Bonchev–Trinajstić information content (AvgIpc) is 2.19. The largest absolute Gasteiger partial charge is 0.457 e. The molecule has 4 heteroatoms. The van der Waals surface area contributed by atoms with E-state index in [1.54, 1.807) is 18.2 Å². The Bertz CT molecular complexity index is 530. The Morgan fingerprint density at radius 1 is 1.43 bits per heavy atom. The summed E-state index contributed by atoms with van der Waals surface area (Å²) < 4.78 is 6.04. The molecule has 0 aliphatic heterocycles. The quantitative estimate of drug-likeness (QED) is 0.848. The van der Waals surface area contributed by atoms with Crippen LogP contribution in [0.3, 0.4) is 0 Å². The van der Waals surface area contributed by atoms with Crippen LogP contribution in [0.4, 0.5) is 0 Å². The minimum absolute atomic E-state index is 0.142. The molecule has 0 amide bonds. The molecule has 0 spiro atoms. The zero-order valence-corrected chi connectivity index (χ0v) is 8.74. The number of aliphatic hydroxyl groups excluding tert-OH is 1. The lowest BCUT2D eigenvalue weighted by molar-refractivity contribution is 0.248. The molecule has 1 N–H and O–H groups in total. The van der Waals surface area contributed by atoms with Crippen LogP contribution in [-0.2, 0) is 6.61 Å². The van der Waals surface area contributed by atoms with Crippen molar-refractivity contribution in [3.05, 3.63) is 44.7 Å². The van der Waals surface area contributed by atoms with Crippen LogP contribution in [0.2, 0.25) is 0 Å². The van der Waals surface area contributed by atoms with Gasteiger partial charge in [-0.15, -0.1) is 0 Å². The molecule has 0 unspecified atom stereocenters. The van der Waals surface area contributed by atoms with E-state index in [-0.39, 0.29) is 17.8 Å². The van der Waals surface area contributed by atoms with Crippen LogP contribution >= 0.6 is 15.9 Å². The fourth-order valence-corrected chi connectivity index (χ4v) is 1.72. The topological polar surface area (TPSA) is 50.4 Å². The maximum absolute atomic E-state index is 11.5. The molecule has 2 rings (SSSR count). The monoisotopic (exact) mass is 254 g/mol. The Morgan fingerprint density at radius 2 is 2.21 bits per heavy atom. The lowest BCUT2D eigenvalue weighted by Crippen LogP contribution is -2.02. The molecule has 1 aromatic heterocycles. The standard InChI is InChI=1S/C10H7BrO3/c11-8-3-1-2-7-9(13)4-6(5-12)14-10(7)8/h1-4,12H,5H2. The summed E-state index contributed by atoms with van der Waals surface area (Å²) >= 11 is 3.28. The van der Waals surface area contributed by atoms with Gasteiger partial charge in [-0.05, 0) is 28.1 Å². The summed E-state index contributed by atoms with van der Waals surface area (Å²) in [7, 11) is 0. The summed E-state index contributed by atoms with van der Waals surface area (Å²) in [6.45, 7) is -0.271. The number of benzene rings is 1. The molecular formula is C10H7BrO3. The molecule has 72 valence electrons. The van der Waals surface area contributed by atoms with E-state index in [1.807, 2.05) is 0 Å². The highest BCUT2D eigenvalue weighted by Crippen LogP contribution is 2.22. The Kier molecular flexibility index (Phi) is 2.39. The minimum Gasteiger partial charge on any atom is -0.457 e. The number of hydrogen-bond acceptors (Lipinski definition) is 3. The maximum atomic E-state index is 11.5. The smallest absolute Gasteiger partial charge is 0.193 e. The lowest BCUT2D eigenvalue weighted by Gasteiger charge is -2.01. The van der Waals surface area contributed by atoms with E-state index in [4.69, 9.17) is 9.52 Å². The van der Waals surface area contributed by atoms with Gasteiger partial charge in [0.1, 0.15) is 12.4 Å². The van der Waals surface area contributed by atoms with Gasteiger partial charge in [0.2, 0.25) is 0 Å². The summed E-state index contributed by atoms with van der Waals surface area (Å²) in [5.74, 6) is 0.273. The first-order chi connectivity index (χ1) is 6.72. The molecule has 1 aromatic carbocycles. The van der Waals surface area contributed by atoms with Crippen LogP contribution in [0.5, 0.6) is 0 Å². The molecule has 14 heavy (non-hydrogen) atoms. The molecule has 0 radical (unpaired) electrons. The zero-order valence-electron chi connectivity index (χ0n) is 7.16. The molecule has 0 bridgehead atoms. The third-order valence-corrected chi connectivity index (χ3v) is 2.54. The lowest BCUT2D eigenvalue weighted by atomic mass is 10.2. The molecule has 0 aliphatic rings. The van der Waals surface area contributed by atoms with Gasteiger partial charge in [-0.2, -0.15) is 0 Å². The van der Waals surface area contributed by atoms with Crippen molar-refractivity contribution in [1.82, 2.24) is 0 Å². The van der Waals surface area contributed by atoms with Crippen molar-refractivity contribution in [3.8, 4) is 0 Å². The Balaban J connectivity index is 2.91. The number of halogens is 1. The number of hydrogen-bond donors (Lipinski definition) is 1. The van der Waals surface area contributed by atoms with E-state index < -0.39 is 0 Å². The molecule has 0 saturated carbocycles. The second kappa shape index (κ2) is 3.55. The van der Waals surface area contributed by atoms with E-state index in [0.29, 0.717) is 15.4 Å².